The molecule has 9 heteroatoms. The molecule has 2 aliphatic heterocycles. The van der Waals surface area contributed by atoms with Gasteiger partial charge in [-0.05, 0) is 50.8 Å². The number of benzene rings is 2. The summed E-state index contributed by atoms with van der Waals surface area (Å²) >= 11 is 0. The number of aliphatic hydroxyl groups is 1. The topological polar surface area (TPSA) is 102 Å². The Morgan fingerprint density at radius 3 is 2.17 bits per heavy atom. The van der Waals surface area contributed by atoms with E-state index >= 15 is 0 Å². The van der Waals surface area contributed by atoms with Crippen molar-refractivity contribution in [2.24, 2.45) is 5.92 Å². The summed E-state index contributed by atoms with van der Waals surface area (Å²) in [4.78, 5) is 12.9. The minimum atomic E-state index is -1.46. The Morgan fingerprint density at radius 2 is 1.58 bits per heavy atom. The fourth-order valence-corrected chi connectivity index (χ4v) is 5.06. The van der Waals surface area contributed by atoms with E-state index in [9.17, 15) is 9.90 Å². The van der Waals surface area contributed by atoms with Crippen molar-refractivity contribution >= 4 is 5.97 Å². The van der Waals surface area contributed by atoms with E-state index in [1.54, 1.807) is 33.9 Å². The van der Waals surface area contributed by atoms with Gasteiger partial charge >= 0.3 is 5.97 Å². The normalized spacial score (nSPS) is 23.1. The predicted molar refractivity (Wildman–Crippen MR) is 129 cm³/mol. The summed E-state index contributed by atoms with van der Waals surface area (Å²) in [6, 6.07) is 3.64. The third-order valence-corrected chi connectivity index (χ3v) is 6.99. The molecule has 1 N–H and O–H groups in total. The first-order valence-electron chi connectivity index (χ1n) is 11.8. The van der Waals surface area contributed by atoms with Crippen molar-refractivity contribution in [3.05, 3.63) is 34.9 Å². The zero-order valence-electron chi connectivity index (χ0n) is 21.2. The first-order chi connectivity index (χ1) is 17.2. The van der Waals surface area contributed by atoms with E-state index in [2.05, 4.69) is 0 Å². The van der Waals surface area contributed by atoms with Crippen LogP contribution < -0.4 is 28.4 Å². The van der Waals surface area contributed by atoms with Crippen LogP contribution in [0.2, 0.25) is 0 Å². The summed E-state index contributed by atoms with van der Waals surface area (Å²) in [7, 11) is 3.09. The summed E-state index contributed by atoms with van der Waals surface area (Å²) in [5, 5.41) is 11.9. The van der Waals surface area contributed by atoms with E-state index in [4.69, 9.17) is 33.2 Å². The molecule has 0 fully saturated rings. The van der Waals surface area contributed by atoms with Crippen molar-refractivity contribution in [3.8, 4) is 45.6 Å². The van der Waals surface area contributed by atoms with E-state index in [-0.39, 0.29) is 19.5 Å². The van der Waals surface area contributed by atoms with Crippen LogP contribution in [0.3, 0.4) is 0 Å². The second kappa shape index (κ2) is 8.81. The van der Waals surface area contributed by atoms with Crippen molar-refractivity contribution in [1.29, 1.82) is 0 Å². The zero-order valence-corrected chi connectivity index (χ0v) is 21.2. The number of carbonyl (C=O) groups is 1. The number of esters is 1. The fourth-order valence-electron chi connectivity index (χ4n) is 5.06. The molecule has 9 nitrogen and oxygen atoms in total. The Kier molecular flexibility index (Phi) is 5.90. The maximum atomic E-state index is 12.9. The van der Waals surface area contributed by atoms with Gasteiger partial charge in [0.15, 0.2) is 29.1 Å². The van der Waals surface area contributed by atoms with Gasteiger partial charge in [-0.3, -0.25) is 0 Å². The van der Waals surface area contributed by atoms with E-state index in [1.807, 2.05) is 13.0 Å². The number of methoxy groups -OCH3 is 2. The summed E-state index contributed by atoms with van der Waals surface area (Å²) in [6.45, 7) is 7.27. The van der Waals surface area contributed by atoms with Crippen LogP contribution in [-0.4, -0.2) is 44.5 Å². The van der Waals surface area contributed by atoms with Gasteiger partial charge in [0.25, 0.3) is 0 Å². The molecule has 0 unspecified atom stereocenters. The summed E-state index contributed by atoms with van der Waals surface area (Å²) in [5.74, 6) is 1.83. The highest BCUT2D eigenvalue weighted by Crippen LogP contribution is 2.59. The third kappa shape index (κ3) is 3.69. The molecule has 0 saturated heterocycles. The first-order valence-corrected chi connectivity index (χ1v) is 11.8. The van der Waals surface area contributed by atoms with Crippen molar-refractivity contribution in [2.45, 2.75) is 45.8 Å². The lowest BCUT2D eigenvalue weighted by atomic mass is 9.73. The van der Waals surface area contributed by atoms with Crippen LogP contribution in [0.15, 0.2) is 23.8 Å². The molecule has 0 saturated carbocycles. The molecular weight excluding hydrogens is 468 g/mol. The monoisotopic (exact) mass is 498 g/mol. The van der Waals surface area contributed by atoms with Gasteiger partial charge in [-0.1, -0.05) is 12.5 Å². The Hall–Kier alpha value is -3.59. The quantitative estimate of drug-likeness (QED) is 0.488. The van der Waals surface area contributed by atoms with Gasteiger partial charge < -0.3 is 38.3 Å². The zero-order chi connectivity index (χ0) is 25.8. The molecule has 36 heavy (non-hydrogen) atoms. The number of rotatable bonds is 4. The van der Waals surface area contributed by atoms with Gasteiger partial charge in [0.05, 0.1) is 14.2 Å². The van der Waals surface area contributed by atoms with Crippen molar-refractivity contribution in [1.82, 2.24) is 0 Å². The molecule has 0 amide bonds. The van der Waals surface area contributed by atoms with Crippen molar-refractivity contribution in [3.63, 3.8) is 0 Å². The number of hydrogen-bond donors (Lipinski definition) is 1. The molecule has 2 aromatic rings. The number of hydrogen-bond acceptors (Lipinski definition) is 9. The van der Waals surface area contributed by atoms with Gasteiger partial charge in [-0.15, -0.1) is 0 Å². The largest absolute Gasteiger partial charge is 0.492 e. The maximum Gasteiger partial charge on any atom is 0.331 e. The number of fused-ring (bicyclic) bond motifs is 5. The molecule has 1 aliphatic carbocycles. The van der Waals surface area contributed by atoms with Crippen molar-refractivity contribution in [2.75, 3.05) is 27.8 Å². The maximum absolute atomic E-state index is 12.9. The fraction of sp³-hybridized carbons (Fsp3) is 0.444. The van der Waals surface area contributed by atoms with E-state index in [0.29, 0.717) is 57.6 Å². The molecule has 3 aliphatic rings. The standard InChI is InChI=1S/C27H30O9/c1-13(2)7-19(28)36-26-16-10-18-23(35-12-33-18)25(31-6)21(16)20-15(8-14(3)27(26,4)29)9-17-22(24(20)30-5)34-11-32-17/h7,9-10,14,26,29H,8,11-12H2,1-6H3/t14-,26+,27+/m1/s1. The Labute approximate surface area is 209 Å². The molecule has 2 aromatic carbocycles. The number of carbonyl (C=O) groups excluding carboxylic acids is 1. The number of ether oxygens (including phenoxy) is 7. The first kappa shape index (κ1) is 24.1. The molecule has 3 atom stereocenters. The Balaban J connectivity index is 1.87. The summed E-state index contributed by atoms with van der Waals surface area (Å²) in [5.41, 5.74) is 1.94. The lowest BCUT2D eigenvalue weighted by Gasteiger charge is -2.40. The van der Waals surface area contributed by atoms with Crippen LogP contribution in [0.1, 0.15) is 44.9 Å². The smallest absolute Gasteiger partial charge is 0.331 e. The molecule has 192 valence electrons. The molecule has 0 spiro atoms. The number of allylic oxidation sites excluding steroid dienone is 1. The van der Waals surface area contributed by atoms with Gasteiger partial charge in [0.2, 0.25) is 25.1 Å². The second-order valence-corrected chi connectivity index (χ2v) is 9.66. The van der Waals surface area contributed by atoms with E-state index < -0.39 is 17.7 Å². The van der Waals surface area contributed by atoms with Crippen LogP contribution in [0.4, 0.5) is 0 Å². The molecule has 0 radical (unpaired) electrons. The molecule has 5 rings (SSSR count). The van der Waals surface area contributed by atoms with Crippen LogP contribution in [0.5, 0.6) is 34.5 Å². The highest BCUT2D eigenvalue weighted by atomic mass is 16.7. The highest BCUT2D eigenvalue weighted by molar-refractivity contribution is 5.90. The lowest BCUT2D eigenvalue weighted by Crippen LogP contribution is -2.43. The van der Waals surface area contributed by atoms with E-state index in [0.717, 1.165) is 11.1 Å². The SMILES string of the molecule is COc1c2c(cc3c1-c1c(cc4c(c1OC)OCO4)[C@H](OC(=O)C=C(C)C)[C@@](C)(O)[C@H](C)C3)OCO2. The minimum absolute atomic E-state index is 0.00867. The Morgan fingerprint density at radius 1 is 1.00 bits per heavy atom. The van der Waals surface area contributed by atoms with Crippen LogP contribution in [0, 0.1) is 5.92 Å². The molecule has 2 heterocycles. The van der Waals surface area contributed by atoms with Gasteiger partial charge in [0, 0.05) is 22.8 Å². The third-order valence-electron chi connectivity index (χ3n) is 6.99. The Bertz CT molecular complexity index is 1260. The van der Waals surface area contributed by atoms with E-state index in [1.165, 1.54) is 13.2 Å². The highest BCUT2D eigenvalue weighted by Gasteiger charge is 2.47. The predicted octanol–water partition coefficient (Wildman–Crippen LogP) is 4.32. The summed E-state index contributed by atoms with van der Waals surface area (Å²) in [6.07, 6.45) is 0.774. The van der Waals surface area contributed by atoms with Crippen molar-refractivity contribution < 1.29 is 43.1 Å². The van der Waals surface area contributed by atoms with Crippen LogP contribution in [0.25, 0.3) is 11.1 Å². The van der Waals surface area contributed by atoms with Crippen LogP contribution >= 0.6 is 0 Å². The summed E-state index contributed by atoms with van der Waals surface area (Å²) < 4.78 is 40.6. The van der Waals surface area contributed by atoms with Gasteiger partial charge in [0.1, 0.15) is 5.60 Å². The molecule has 0 aromatic heterocycles. The average Bonchev–Trinajstić information content (AvgIpc) is 3.48. The minimum Gasteiger partial charge on any atom is -0.492 e. The second-order valence-electron chi connectivity index (χ2n) is 9.66. The van der Waals surface area contributed by atoms with Crippen LogP contribution in [-0.2, 0) is 16.0 Å². The lowest BCUT2D eigenvalue weighted by molar-refractivity contribution is -0.165. The van der Waals surface area contributed by atoms with Gasteiger partial charge in [-0.2, -0.15) is 0 Å². The molecular formula is C27H30O9. The molecule has 0 bridgehead atoms. The average molecular weight is 499 g/mol. The van der Waals surface area contributed by atoms with Gasteiger partial charge in [-0.25, -0.2) is 4.79 Å².